The van der Waals surface area contributed by atoms with Gasteiger partial charge in [0, 0.05) is 18.5 Å². The van der Waals surface area contributed by atoms with Gasteiger partial charge in [-0.1, -0.05) is 13.8 Å². The van der Waals surface area contributed by atoms with Gasteiger partial charge in [0.15, 0.2) is 0 Å². The molecular formula is C11H20N2S2. The van der Waals surface area contributed by atoms with Gasteiger partial charge in [0.1, 0.15) is 0 Å². The van der Waals surface area contributed by atoms with Crippen molar-refractivity contribution >= 4 is 24.0 Å². The standard InChI is InChI=1S/C11H20N2S2/c1-9(2)10(6-14)4-13(3)5-11-7-15-8-12-11/h7-10,14H,4-6H2,1-3H3. The molecule has 0 bridgehead atoms. The van der Waals surface area contributed by atoms with E-state index in [1.165, 1.54) is 5.69 Å². The third kappa shape index (κ3) is 4.53. The van der Waals surface area contributed by atoms with Crippen LogP contribution < -0.4 is 0 Å². The lowest BCUT2D eigenvalue weighted by Crippen LogP contribution is -2.29. The molecule has 0 aliphatic heterocycles. The largest absolute Gasteiger partial charge is 0.300 e. The van der Waals surface area contributed by atoms with Gasteiger partial charge in [-0.25, -0.2) is 4.98 Å². The Morgan fingerprint density at radius 2 is 2.27 bits per heavy atom. The molecule has 4 heteroatoms. The van der Waals surface area contributed by atoms with Crippen LogP contribution in [0, 0.1) is 11.8 Å². The van der Waals surface area contributed by atoms with Crippen LogP contribution in [-0.2, 0) is 6.54 Å². The van der Waals surface area contributed by atoms with Gasteiger partial charge in [0.25, 0.3) is 0 Å². The molecule has 0 radical (unpaired) electrons. The summed E-state index contributed by atoms with van der Waals surface area (Å²) in [5.41, 5.74) is 3.06. The molecule has 2 nitrogen and oxygen atoms in total. The van der Waals surface area contributed by atoms with Crippen molar-refractivity contribution in [2.24, 2.45) is 11.8 Å². The fraction of sp³-hybridized carbons (Fsp3) is 0.727. The minimum Gasteiger partial charge on any atom is -0.300 e. The van der Waals surface area contributed by atoms with Gasteiger partial charge in [0.05, 0.1) is 11.2 Å². The zero-order valence-electron chi connectivity index (χ0n) is 9.68. The Labute approximate surface area is 102 Å². The van der Waals surface area contributed by atoms with E-state index in [0.29, 0.717) is 11.8 Å². The molecule has 0 saturated carbocycles. The predicted molar refractivity (Wildman–Crippen MR) is 70.6 cm³/mol. The number of rotatable bonds is 6. The molecule has 0 aliphatic rings. The fourth-order valence-corrected chi connectivity index (χ4v) is 2.62. The highest BCUT2D eigenvalue weighted by molar-refractivity contribution is 7.80. The van der Waals surface area contributed by atoms with E-state index in [-0.39, 0.29) is 0 Å². The average Bonchev–Trinajstić information content (AvgIpc) is 2.66. The SMILES string of the molecule is CC(C)C(CS)CN(C)Cc1cscn1. The van der Waals surface area contributed by atoms with E-state index in [4.69, 9.17) is 0 Å². The topological polar surface area (TPSA) is 16.1 Å². The third-order valence-corrected chi connectivity index (χ3v) is 3.74. The Hall–Kier alpha value is -0.0600. The molecule has 0 fully saturated rings. The molecule has 86 valence electrons. The highest BCUT2D eigenvalue weighted by atomic mass is 32.1. The van der Waals surface area contributed by atoms with Crippen LogP contribution in [-0.4, -0.2) is 29.2 Å². The maximum Gasteiger partial charge on any atom is 0.0795 e. The van der Waals surface area contributed by atoms with Crippen molar-refractivity contribution in [2.75, 3.05) is 19.3 Å². The molecule has 0 N–H and O–H groups in total. The first kappa shape index (κ1) is 13.0. The summed E-state index contributed by atoms with van der Waals surface area (Å²) in [5, 5.41) is 2.11. The van der Waals surface area contributed by atoms with E-state index in [9.17, 15) is 0 Å². The zero-order chi connectivity index (χ0) is 11.3. The molecule has 1 aromatic heterocycles. The number of thiazole rings is 1. The smallest absolute Gasteiger partial charge is 0.0795 e. The van der Waals surface area contributed by atoms with E-state index < -0.39 is 0 Å². The van der Waals surface area contributed by atoms with Crippen LogP contribution >= 0.6 is 24.0 Å². The summed E-state index contributed by atoms with van der Waals surface area (Å²) in [6, 6.07) is 0. The second-order valence-corrected chi connectivity index (χ2v) is 5.45. The van der Waals surface area contributed by atoms with Gasteiger partial charge in [0.2, 0.25) is 0 Å². The van der Waals surface area contributed by atoms with Gasteiger partial charge in [-0.3, -0.25) is 0 Å². The van der Waals surface area contributed by atoms with Crippen molar-refractivity contribution in [1.82, 2.24) is 9.88 Å². The Morgan fingerprint density at radius 3 is 2.73 bits per heavy atom. The maximum absolute atomic E-state index is 4.40. The highest BCUT2D eigenvalue weighted by Gasteiger charge is 2.14. The van der Waals surface area contributed by atoms with Crippen molar-refractivity contribution in [2.45, 2.75) is 20.4 Å². The zero-order valence-corrected chi connectivity index (χ0v) is 11.4. The van der Waals surface area contributed by atoms with Crippen LogP contribution in [0.1, 0.15) is 19.5 Å². The summed E-state index contributed by atoms with van der Waals surface area (Å²) in [6.45, 7) is 6.56. The first-order chi connectivity index (χ1) is 7.13. The van der Waals surface area contributed by atoms with Crippen LogP contribution in [0.4, 0.5) is 0 Å². The Balaban J connectivity index is 2.37. The summed E-state index contributed by atoms with van der Waals surface area (Å²) < 4.78 is 0. The minimum atomic E-state index is 0.664. The van der Waals surface area contributed by atoms with E-state index >= 15 is 0 Å². The number of hydrogen-bond donors (Lipinski definition) is 1. The molecule has 1 heterocycles. The first-order valence-electron chi connectivity index (χ1n) is 5.30. The first-order valence-corrected chi connectivity index (χ1v) is 6.87. The van der Waals surface area contributed by atoms with Crippen molar-refractivity contribution in [1.29, 1.82) is 0 Å². The van der Waals surface area contributed by atoms with Crippen molar-refractivity contribution in [3.63, 3.8) is 0 Å². The molecule has 0 spiro atoms. The van der Waals surface area contributed by atoms with E-state index in [2.05, 4.69) is 48.8 Å². The number of nitrogens with zero attached hydrogens (tertiary/aromatic N) is 2. The van der Waals surface area contributed by atoms with Gasteiger partial charge in [-0.2, -0.15) is 12.6 Å². The number of thiol groups is 1. The Bertz CT molecular complexity index is 260. The van der Waals surface area contributed by atoms with Gasteiger partial charge in [-0.05, 0) is 24.6 Å². The van der Waals surface area contributed by atoms with Crippen LogP contribution in [0.2, 0.25) is 0 Å². The second kappa shape index (κ2) is 6.51. The van der Waals surface area contributed by atoms with Crippen molar-refractivity contribution < 1.29 is 0 Å². The second-order valence-electron chi connectivity index (χ2n) is 4.36. The lowest BCUT2D eigenvalue weighted by Gasteiger charge is -2.24. The molecule has 0 saturated heterocycles. The molecule has 0 aromatic carbocycles. The summed E-state index contributed by atoms with van der Waals surface area (Å²) in [5.74, 6) is 2.32. The van der Waals surface area contributed by atoms with Gasteiger partial charge >= 0.3 is 0 Å². The summed E-state index contributed by atoms with van der Waals surface area (Å²) in [6.07, 6.45) is 0. The van der Waals surface area contributed by atoms with E-state index in [1.54, 1.807) is 11.3 Å². The lowest BCUT2D eigenvalue weighted by molar-refractivity contribution is 0.245. The van der Waals surface area contributed by atoms with Crippen molar-refractivity contribution in [3.05, 3.63) is 16.6 Å². The molecule has 0 aliphatic carbocycles. The molecule has 1 unspecified atom stereocenters. The number of aromatic nitrogens is 1. The summed E-state index contributed by atoms with van der Waals surface area (Å²) in [7, 11) is 2.15. The van der Waals surface area contributed by atoms with Gasteiger partial charge in [-0.15, -0.1) is 11.3 Å². The van der Waals surface area contributed by atoms with Crippen molar-refractivity contribution in [3.8, 4) is 0 Å². The highest BCUT2D eigenvalue weighted by Crippen LogP contribution is 2.15. The molecular weight excluding hydrogens is 224 g/mol. The maximum atomic E-state index is 4.40. The normalized spacial score (nSPS) is 13.7. The van der Waals surface area contributed by atoms with Crippen LogP contribution in [0.3, 0.4) is 0 Å². The van der Waals surface area contributed by atoms with E-state index in [0.717, 1.165) is 18.8 Å². The average molecular weight is 244 g/mol. The molecule has 1 rings (SSSR count). The quantitative estimate of drug-likeness (QED) is 0.775. The monoisotopic (exact) mass is 244 g/mol. The molecule has 15 heavy (non-hydrogen) atoms. The lowest BCUT2D eigenvalue weighted by atomic mass is 9.97. The molecule has 0 amide bonds. The fourth-order valence-electron chi connectivity index (χ4n) is 1.54. The summed E-state index contributed by atoms with van der Waals surface area (Å²) in [4.78, 5) is 6.62. The van der Waals surface area contributed by atoms with Gasteiger partial charge < -0.3 is 4.90 Å². The summed E-state index contributed by atoms with van der Waals surface area (Å²) >= 11 is 6.06. The van der Waals surface area contributed by atoms with Crippen LogP contribution in [0.5, 0.6) is 0 Å². The molecule has 1 aromatic rings. The van der Waals surface area contributed by atoms with E-state index in [1.807, 2.05) is 5.51 Å². The minimum absolute atomic E-state index is 0.664. The van der Waals surface area contributed by atoms with Crippen LogP contribution in [0.25, 0.3) is 0 Å². The third-order valence-electron chi connectivity index (χ3n) is 2.64. The Kier molecular flexibility index (Phi) is 5.64. The van der Waals surface area contributed by atoms with Crippen LogP contribution in [0.15, 0.2) is 10.9 Å². The Morgan fingerprint density at radius 1 is 1.53 bits per heavy atom. The number of hydrogen-bond acceptors (Lipinski definition) is 4. The predicted octanol–water partition coefficient (Wildman–Crippen LogP) is 2.78. The molecule has 1 atom stereocenters.